The van der Waals surface area contributed by atoms with Crippen LogP contribution >= 0.6 is 0 Å². The molecule has 2 saturated heterocycles. The molecule has 0 spiro atoms. The summed E-state index contributed by atoms with van der Waals surface area (Å²) >= 11 is 0. The van der Waals surface area contributed by atoms with Crippen LogP contribution in [0.4, 0.5) is 0 Å². The normalized spacial score (nSPS) is 39.2. The van der Waals surface area contributed by atoms with Crippen molar-refractivity contribution in [2.75, 3.05) is 33.3 Å². The van der Waals surface area contributed by atoms with Crippen molar-refractivity contribution in [1.29, 1.82) is 0 Å². The van der Waals surface area contributed by atoms with Crippen LogP contribution < -0.4 is 5.32 Å². The van der Waals surface area contributed by atoms with Gasteiger partial charge in [0, 0.05) is 26.2 Å². The van der Waals surface area contributed by atoms with Gasteiger partial charge in [-0.15, -0.1) is 0 Å². The molecule has 0 aromatic heterocycles. The highest BCUT2D eigenvalue weighted by Crippen LogP contribution is 2.23. The van der Waals surface area contributed by atoms with Crippen LogP contribution in [0.25, 0.3) is 0 Å². The van der Waals surface area contributed by atoms with E-state index < -0.39 is 0 Å². The lowest BCUT2D eigenvalue weighted by atomic mass is 9.93. The molecule has 3 heteroatoms. The maximum atomic E-state index is 5.56. The minimum Gasteiger partial charge on any atom is -0.380 e. The average Bonchev–Trinajstić information content (AvgIpc) is 2.31. The summed E-state index contributed by atoms with van der Waals surface area (Å²) in [5, 5.41) is 3.49. The van der Waals surface area contributed by atoms with Crippen LogP contribution in [0.15, 0.2) is 0 Å². The molecule has 2 heterocycles. The van der Waals surface area contributed by atoms with Crippen LogP contribution in [0.1, 0.15) is 26.2 Å². The van der Waals surface area contributed by atoms with Gasteiger partial charge in [-0.1, -0.05) is 6.92 Å². The second-order valence-electron chi connectivity index (χ2n) is 5.04. The third-order valence-electron chi connectivity index (χ3n) is 4.01. The number of hydrogen-bond acceptors (Lipinski definition) is 3. The molecule has 88 valence electrons. The summed E-state index contributed by atoms with van der Waals surface area (Å²) in [6, 6.07) is 0.754. The fourth-order valence-corrected chi connectivity index (χ4v) is 2.84. The van der Waals surface area contributed by atoms with Crippen molar-refractivity contribution in [3.05, 3.63) is 0 Å². The van der Waals surface area contributed by atoms with Crippen LogP contribution in [0.5, 0.6) is 0 Å². The molecule has 0 bridgehead atoms. The zero-order valence-electron chi connectivity index (χ0n) is 10.0. The lowest BCUT2D eigenvalue weighted by Crippen LogP contribution is -2.53. The zero-order chi connectivity index (χ0) is 10.7. The summed E-state index contributed by atoms with van der Waals surface area (Å²) in [4.78, 5) is 2.63. The molecular weight excluding hydrogens is 188 g/mol. The minimum atomic E-state index is 0.445. The molecule has 3 unspecified atom stereocenters. The molecule has 2 aliphatic heterocycles. The lowest BCUT2D eigenvalue weighted by molar-refractivity contribution is -0.0220. The van der Waals surface area contributed by atoms with Crippen molar-refractivity contribution in [2.24, 2.45) is 5.92 Å². The van der Waals surface area contributed by atoms with E-state index in [4.69, 9.17) is 4.74 Å². The van der Waals surface area contributed by atoms with Crippen LogP contribution in [-0.2, 0) is 4.74 Å². The molecule has 0 saturated carbocycles. The van der Waals surface area contributed by atoms with Crippen molar-refractivity contribution in [3.8, 4) is 0 Å². The second kappa shape index (κ2) is 5.28. The molecule has 0 aromatic carbocycles. The molecule has 2 rings (SSSR count). The average molecular weight is 212 g/mol. The van der Waals surface area contributed by atoms with Gasteiger partial charge >= 0.3 is 0 Å². The lowest BCUT2D eigenvalue weighted by Gasteiger charge is -2.42. The van der Waals surface area contributed by atoms with Crippen molar-refractivity contribution in [1.82, 2.24) is 10.2 Å². The molecule has 0 aromatic rings. The number of piperidine rings is 2. The third-order valence-corrected chi connectivity index (χ3v) is 4.01. The van der Waals surface area contributed by atoms with Crippen molar-refractivity contribution < 1.29 is 4.74 Å². The second-order valence-corrected chi connectivity index (χ2v) is 5.04. The Balaban J connectivity index is 1.87. The highest BCUT2D eigenvalue weighted by Gasteiger charge is 2.30. The Kier molecular flexibility index (Phi) is 4.00. The number of hydrogen-bond donors (Lipinski definition) is 1. The molecule has 0 radical (unpaired) electrons. The fraction of sp³-hybridized carbons (Fsp3) is 1.00. The summed E-state index contributed by atoms with van der Waals surface area (Å²) < 4.78 is 5.56. The van der Waals surface area contributed by atoms with E-state index in [1.807, 2.05) is 7.11 Å². The smallest absolute Gasteiger partial charge is 0.0724 e. The Morgan fingerprint density at radius 2 is 2.20 bits per heavy atom. The molecule has 3 nitrogen and oxygen atoms in total. The van der Waals surface area contributed by atoms with Crippen LogP contribution in [-0.4, -0.2) is 50.3 Å². The quantitative estimate of drug-likeness (QED) is 0.742. The maximum Gasteiger partial charge on any atom is 0.0724 e. The fourth-order valence-electron chi connectivity index (χ4n) is 2.84. The van der Waals surface area contributed by atoms with E-state index in [1.54, 1.807) is 0 Å². The van der Waals surface area contributed by atoms with Gasteiger partial charge in [0.2, 0.25) is 0 Å². The van der Waals surface area contributed by atoms with E-state index in [0.29, 0.717) is 6.10 Å². The molecule has 2 fully saturated rings. The van der Waals surface area contributed by atoms with Gasteiger partial charge in [-0.25, -0.2) is 0 Å². The van der Waals surface area contributed by atoms with E-state index in [0.717, 1.165) is 18.5 Å². The Labute approximate surface area is 93.2 Å². The first-order valence-electron chi connectivity index (χ1n) is 6.29. The first-order valence-corrected chi connectivity index (χ1v) is 6.29. The molecular formula is C12H24N2O. The number of methoxy groups -OCH3 is 1. The zero-order valence-corrected chi connectivity index (χ0v) is 10.0. The van der Waals surface area contributed by atoms with Crippen LogP contribution in [0.3, 0.4) is 0 Å². The van der Waals surface area contributed by atoms with Gasteiger partial charge in [0.1, 0.15) is 0 Å². The minimum absolute atomic E-state index is 0.445. The summed E-state index contributed by atoms with van der Waals surface area (Å²) in [7, 11) is 1.85. The Bertz CT molecular complexity index is 192. The van der Waals surface area contributed by atoms with Gasteiger partial charge in [-0.3, -0.25) is 4.90 Å². The summed E-state index contributed by atoms with van der Waals surface area (Å²) in [6.07, 6.45) is 4.42. The first kappa shape index (κ1) is 11.4. The van der Waals surface area contributed by atoms with Gasteiger partial charge in [0.15, 0.2) is 0 Å². The Morgan fingerprint density at radius 3 is 2.87 bits per heavy atom. The van der Waals surface area contributed by atoms with Gasteiger partial charge in [0.05, 0.1) is 6.10 Å². The van der Waals surface area contributed by atoms with Crippen molar-refractivity contribution in [3.63, 3.8) is 0 Å². The van der Waals surface area contributed by atoms with E-state index in [9.17, 15) is 0 Å². The van der Waals surface area contributed by atoms with E-state index in [1.165, 1.54) is 38.9 Å². The molecule has 1 N–H and O–H groups in total. The monoisotopic (exact) mass is 212 g/mol. The van der Waals surface area contributed by atoms with Gasteiger partial charge in [0.25, 0.3) is 0 Å². The summed E-state index contributed by atoms with van der Waals surface area (Å²) in [6.45, 7) is 7.07. The van der Waals surface area contributed by atoms with Gasteiger partial charge in [-0.2, -0.15) is 0 Å². The van der Waals surface area contributed by atoms with E-state index in [2.05, 4.69) is 17.1 Å². The molecule has 0 aliphatic carbocycles. The number of likely N-dealkylation sites (tertiary alicyclic amines) is 1. The highest BCUT2D eigenvalue weighted by molar-refractivity contribution is 4.85. The molecule has 3 atom stereocenters. The predicted molar refractivity (Wildman–Crippen MR) is 62.0 cm³/mol. The number of rotatable bonds is 2. The summed E-state index contributed by atoms with van der Waals surface area (Å²) in [5.41, 5.74) is 0. The van der Waals surface area contributed by atoms with E-state index >= 15 is 0 Å². The molecule has 0 amide bonds. The first-order chi connectivity index (χ1) is 7.31. The standard InChI is InChI=1S/C12H24N2O/c1-10-5-7-14(9-12(10)15-2)11-4-3-6-13-8-11/h10-13H,3-9H2,1-2H3. The largest absolute Gasteiger partial charge is 0.380 e. The number of ether oxygens (including phenoxy) is 1. The highest BCUT2D eigenvalue weighted by atomic mass is 16.5. The Hall–Kier alpha value is -0.120. The SMILES string of the molecule is COC1CN(C2CCCNC2)CCC1C. The third kappa shape index (κ3) is 2.71. The number of nitrogens with zero attached hydrogens (tertiary/aromatic N) is 1. The van der Waals surface area contributed by atoms with Gasteiger partial charge < -0.3 is 10.1 Å². The topological polar surface area (TPSA) is 24.5 Å². The van der Waals surface area contributed by atoms with Gasteiger partial charge in [-0.05, 0) is 38.3 Å². The number of nitrogens with one attached hydrogen (secondary N) is 1. The molecule has 2 aliphatic rings. The van der Waals surface area contributed by atoms with Crippen LogP contribution in [0, 0.1) is 5.92 Å². The predicted octanol–water partition coefficient (Wildman–Crippen LogP) is 1.10. The maximum absolute atomic E-state index is 5.56. The van der Waals surface area contributed by atoms with Crippen molar-refractivity contribution >= 4 is 0 Å². The molecule has 15 heavy (non-hydrogen) atoms. The van der Waals surface area contributed by atoms with E-state index in [-0.39, 0.29) is 0 Å². The summed E-state index contributed by atoms with van der Waals surface area (Å²) in [5.74, 6) is 0.725. The Morgan fingerprint density at radius 1 is 1.33 bits per heavy atom. The van der Waals surface area contributed by atoms with Crippen LogP contribution in [0.2, 0.25) is 0 Å². The van der Waals surface area contributed by atoms with Crippen molar-refractivity contribution in [2.45, 2.75) is 38.3 Å².